The minimum Gasteiger partial charge on any atom is -0.481 e. The first kappa shape index (κ1) is 17.9. The van der Waals surface area contributed by atoms with Crippen molar-refractivity contribution in [2.24, 2.45) is 0 Å². The van der Waals surface area contributed by atoms with Crippen LogP contribution >= 0.6 is 0 Å². The Morgan fingerprint density at radius 1 is 1.00 bits per heavy atom. The third-order valence-corrected chi connectivity index (χ3v) is 3.29. The largest absolute Gasteiger partial charge is 0.481 e. The number of aliphatic carboxylic acids is 1. The lowest BCUT2D eigenvalue weighted by Gasteiger charge is -2.14. The van der Waals surface area contributed by atoms with Crippen molar-refractivity contribution < 1.29 is 14.7 Å². The summed E-state index contributed by atoms with van der Waals surface area (Å²) in [7, 11) is 0. The van der Waals surface area contributed by atoms with Gasteiger partial charge in [-0.3, -0.25) is 9.59 Å². The molecule has 0 fully saturated rings. The van der Waals surface area contributed by atoms with Crippen molar-refractivity contribution in [3.63, 3.8) is 0 Å². The van der Waals surface area contributed by atoms with E-state index in [2.05, 4.69) is 12.2 Å². The van der Waals surface area contributed by atoms with E-state index in [-0.39, 0.29) is 18.4 Å². The molecular formula is C15H29NO3. The fourth-order valence-corrected chi connectivity index (χ4v) is 2.05. The molecule has 0 rings (SSSR count). The van der Waals surface area contributed by atoms with Gasteiger partial charge in [0.05, 0.1) is 6.42 Å². The van der Waals surface area contributed by atoms with Crippen LogP contribution in [0.4, 0.5) is 0 Å². The van der Waals surface area contributed by atoms with Crippen molar-refractivity contribution in [1.82, 2.24) is 5.32 Å². The smallest absolute Gasteiger partial charge is 0.305 e. The molecule has 0 aliphatic heterocycles. The fourth-order valence-electron chi connectivity index (χ4n) is 2.05. The number of carbonyl (C=O) groups is 2. The third-order valence-electron chi connectivity index (χ3n) is 3.29. The number of carboxylic acid groups (broad SMARTS) is 1. The highest BCUT2D eigenvalue weighted by molar-refractivity contribution is 5.77. The second-order valence-electron chi connectivity index (χ2n) is 5.14. The second kappa shape index (κ2) is 12.0. The molecule has 0 saturated heterocycles. The van der Waals surface area contributed by atoms with Crippen molar-refractivity contribution in [1.29, 1.82) is 0 Å². The molecule has 1 amide bonds. The first-order chi connectivity index (χ1) is 9.10. The summed E-state index contributed by atoms with van der Waals surface area (Å²) in [4.78, 5) is 22.2. The number of amides is 1. The first-order valence-corrected chi connectivity index (χ1v) is 7.61. The van der Waals surface area contributed by atoms with Gasteiger partial charge in [-0.05, 0) is 12.8 Å². The molecule has 0 heterocycles. The van der Waals surface area contributed by atoms with E-state index < -0.39 is 5.97 Å². The monoisotopic (exact) mass is 271 g/mol. The van der Waals surface area contributed by atoms with Crippen molar-refractivity contribution in [2.45, 2.75) is 84.1 Å². The van der Waals surface area contributed by atoms with Gasteiger partial charge in [0.2, 0.25) is 5.91 Å². The molecule has 19 heavy (non-hydrogen) atoms. The topological polar surface area (TPSA) is 66.4 Å². The van der Waals surface area contributed by atoms with Crippen LogP contribution in [0, 0.1) is 0 Å². The maximum atomic E-state index is 11.6. The summed E-state index contributed by atoms with van der Waals surface area (Å²) in [6, 6.07) is -0.227. The fraction of sp³-hybridized carbons (Fsp3) is 0.867. The third kappa shape index (κ3) is 11.7. The SMILES string of the molecule is CCCCCCCCCC(=O)NC(CC)CC(=O)O. The highest BCUT2D eigenvalue weighted by Crippen LogP contribution is 2.08. The standard InChI is InChI=1S/C15H29NO3/c1-3-5-6-7-8-9-10-11-14(17)16-13(4-2)12-15(18)19/h13H,3-12H2,1-2H3,(H,16,17)(H,18,19). The van der Waals surface area contributed by atoms with Crippen LogP contribution < -0.4 is 5.32 Å². The molecule has 0 aliphatic rings. The number of carbonyl (C=O) groups excluding carboxylic acids is 1. The molecular weight excluding hydrogens is 242 g/mol. The number of unbranched alkanes of at least 4 members (excludes halogenated alkanes) is 6. The predicted octanol–water partition coefficient (Wildman–Crippen LogP) is 3.50. The number of hydrogen-bond acceptors (Lipinski definition) is 2. The van der Waals surface area contributed by atoms with Crippen LogP contribution in [0.15, 0.2) is 0 Å². The molecule has 0 aromatic carbocycles. The zero-order valence-corrected chi connectivity index (χ0v) is 12.4. The van der Waals surface area contributed by atoms with E-state index >= 15 is 0 Å². The van der Waals surface area contributed by atoms with Crippen LogP contribution in [0.5, 0.6) is 0 Å². The van der Waals surface area contributed by atoms with Crippen LogP contribution in [0.3, 0.4) is 0 Å². The number of rotatable bonds is 12. The summed E-state index contributed by atoms with van der Waals surface area (Å²) in [5.74, 6) is -0.871. The molecule has 0 aliphatic carbocycles. The van der Waals surface area contributed by atoms with Crippen molar-refractivity contribution in [2.75, 3.05) is 0 Å². The Labute approximate surface area is 117 Å². The molecule has 4 nitrogen and oxygen atoms in total. The van der Waals surface area contributed by atoms with Gasteiger partial charge in [-0.2, -0.15) is 0 Å². The molecule has 1 atom stereocenters. The minimum absolute atomic E-state index is 0.0124. The van der Waals surface area contributed by atoms with E-state index in [4.69, 9.17) is 5.11 Å². The van der Waals surface area contributed by atoms with Gasteiger partial charge in [-0.25, -0.2) is 0 Å². The molecule has 1 unspecified atom stereocenters. The van der Waals surface area contributed by atoms with E-state index in [0.717, 1.165) is 12.8 Å². The lowest BCUT2D eigenvalue weighted by Crippen LogP contribution is -2.35. The second-order valence-corrected chi connectivity index (χ2v) is 5.14. The Balaban J connectivity index is 3.54. The summed E-state index contributed by atoms with van der Waals surface area (Å²) >= 11 is 0. The first-order valence-electron chi connectivity index (χ1n) is 7.61. The van der Waals surface area contributed by atoms with Crippen LogP contribution in [0.1, 0.15) is 78.1 Å². The number of carboxylic acids is 1. The average Bonchev–Trinajstić information content (AvgIpc) is 2.36. The van der Waals surface area contributed by atoms with E-state index in [1.807, 2.05) is 6.92 Å². The van der Waals surface area contributed by atoms with Crippen LogP contribution in [0.25, 0.3) is 0 Å². The normalized spacial score (nSPS) is 12.1. The van der Waals surface area contributed by atoms with Crippen molar-refractivity contribution in [3.8, 4) is 0 Å². The van der Waals surface area contributed by atoms with Gasteiger partial charge in [0.25, 0.3) is 0 Å². The van der Waals surface area contributed by atoms with E-state index in [9.17, 15) is 9.59 Å². The molecule has 0 saturated carbocycles. The Morgan fingerprint density at radius 3 is 2.11 bits per heavy atom. The summed E-state index contributed by atoms with van der Waals surface area (Å²) in [5.41, 5.74) is 0. The van der Waals surface area contributed by atoms with E-state index in [1.54, 1.807) is 0 Å². The van der Waals surface area contributed by atoms with Crippen molar-refractivity contribution >= 4 is 11.9 Å². The summed E-state index contributed by atoms with van der Waals surface area (Å²) in [6.45, 7) is 4.09. The van der Waals surface area contributed by atoms with E-state index in [0.29, 0.717) is 12.8 Å². The molecule has 112 valence electrons. The Kier molecular flexibility index (Phi) is 11.3. The molecule has 2 N–H and O–H groups in total. The van der Waals surface area contributed by atoms with Gasteiger partial charge in [0, 0.05) is 12.5 Å². The molecule has 0 bridgehead atoms. The summed E-state index contributed by atoms with van der Waals surface area (Å²) in [6.07, 6.45) is 9.48. The quantitative estimate of drug-likeness (QED) is 0.534. The van der Waals surface area contributed by atoms with Gasteiger partial charge in [0.1, 0.15) is 0 Å². The Hall–Kier alpha value is -1.06. The maximum Gasteiger partial charge on any atom is 0.305 e. The van der Waals surface area contributed by atoms with Gasteiger partial charge >= 0.3 is 5.97 Å². The maximum absolute atomic E-state index is 11.6. The Bertz CT molecular complexity index is 254. The van der Waals surface area contributed by atoms with Gasteiger partial charge < -0.3 is 10.4 Å². The molecule has 0 spiro atoms. The summed E-state index contributed by atoms with van der Waals surface area (Å²) in [5, 5.41) is 11.5. The summed E-state index contributed by atoms with van der Waals surface area (Å²) < 4.78 is 0. The molecule has 0 aromatic heterocycles. The Morgan fingerprint density at radius 2 is 1.58 bits per heavy atom. The predicted molar refractivity (Wildman–Crippen MR) is 77.1 cm³/mol. The van der Waals surface area contributed by atoms with Crippen LogP contribution in [0.2, 0.25) is 0 Å². The van der Waals surface area contributed by atoms with Crippen LogP contribution in [-0.2, 0) is 9.59 Å². The zero-order chi connectivity index (χ0) is 14.5. The highest BCUT2D eigenvalue weighted by atomic mass is 16.4. The highest BCUT2D eigenvalue weighted by Gasteiger charge is 2.13. The number of nitrogens with one attached hydrogen (secondary N) is 1. The average molecular weight is 271 g/mol. The lowest BCUT2D eigenvalue weighted by atomic mass is 10.1. The van der Waals surface area contributed by atoms with Gasteiger partial charge in [0.15, 0.2) is 0 Å². The number of hydrogen-bond donors (Lipinski definition) is 2. The van der Waals surface area contributed by atoms with Crippen LogP contribution in [-0.4, -0.2) is 23.0 Å². The van der Waals surface area contributed by atoms with Gasteiger partial charge in [-0.15, -0.1) is 0 Å². The van der Waals surface area contributed by atoms with Gasteiger partial charge in [-0.1, -0.05) is 52.4 Å². The molecule has 0 radical (unpaired) electrons. The molecule has 0 aromatic rings. The lowest BCUT2D eigenvalue weighted by molar-refractivity contribution is -0.137. The van der Waals surface area contributed by atoms with E-state index in [1.165, 1.54) is 32.1 Å². The van der Waals surface area contributed by atoms with Crippen molar-refractivity contribution in [3.05, 3.63) is 0 Å². The molecule has 4 heteroatoms. The minimum atomic E-state index is -0.858. The zero-order valence-electron chi connectivity index (χ0n) is 12.4.